The molecule has 4 nitrogen and oxygen atoms in total. The molecule has 138 valence electrons. The first kappa shape index (κ1) is 19.3. The highest BCUT2D eigenvalue weighted by Gasteiger charge is 2.12. The van der Waals surface area contributed by atoms with Crippen LogP contribution in [-0.4, -0.2) is 13.0 Å². The first-order chi connectivity index (χ1) is 13.1. The summed E-state index contributed by atoms with van der Waals surface area (Å²) < 4.78 is 12.1. The quantitative estimate of drug-likeness (QED) is 0.509. The minimum atomic E-state index is -0.209. The highest BCUT2D eigenvalue weighted by molar-refractivity contribution is 9.10. The van der Waals surface area contributed by atoms with Crippen molar-refractivity contribution in [2.45, 2.75) is 6.61 Å². The molecule has 27 heavy (non-hydrogen) atoms. The van der Waals surface area contributed by atoms with Crippen molar-refractivity contribution in [1.82, 2.24) is 0 Å². The molecule has 0 atom stereocenters. The van der Waals surface area contributed by atoms with Crippen molar-refractivity contribution < 1.29 is 14.3 Å². The van der Waals surface area contributed by atoms with Gasteiger partial charge in [0.15, 0.2) is 0 Å². The zero-order valence-electron chi connectivity index (χ0n) is 14.5. The summed E-state index contributed by atoms with van der Waals surface area (Å²) in [6.07, 6.45) is 0. The summed E-state index contributed by atoms with van der Waals surface area (Å²) in [5, 5.41) is 3.40. The molecule has 3 aromatic rings. The van der Waals surface area contributed by atoms with E-state index in [1.165, 1.54) is 0 Å². The van der Waals surface area contributed by atoms with Gasteiger partial charge >= 0.3 is 0 Å². The third-order valence-corrected chi connectivity index (χ3v) is 4.71. The van der Waals surface area contributed by atoms with Gasteiger partial charge in [0.1, 0.15) is 18.1 Å². The van der Waals surface area contributed by atoms with Gasteiger partial charge in [-0.15, -0.1) is 0 Å². The van der Waals surface area contributed by atoms with Crippen LogP contribution in [0.3, 0.4) is 0 Å². The van der Waals surface area contributed by atoms with E-state index < -0.39 is 0 Å². The molecule has 0 fully saturated rings. The number of carbonyl (C=O) groups excluding carboxylic acids is 1. The molecule has 1 N–H and O–H groups in total. The van der Waals surface area contributed by atoms with Crippen LogP contribution in [0, 0.1) is 0 Å². The Hall–Kier alpha value is -2.50. The van der Waals surface area contributed by atoms with E-state index in [1.54, 1.807) is 37.4 Å². The summed E-state index contributed by atoms with van der Waals surface area (Å²) in [4.78, 5) is 12.6. The normalized spacial score (nSPS) is 10.3. The van der Waals surface area contributed by atoms with Crippen molar-refractivity contribution in [3.05, 3.63) is 87.4 Å². The minimum Gasteiger partial charge on any atom is -0.496 e. The molecule has 0 aliphatic heterocycles. The molecule has 0 aliphatic rings. The van der Waals surface area contributed by atoms with Gasteiger partial charge < -0.3 is 14.8 Å². The van der Waals surface area contributed by atoms with Gasteiger partial charge in [-0.05, 0) is 54.6 Å². The van der Waals surface area contributed by atoms with Gasteiger partial charge in [0.05, 0.1) is 12.1 Å². The second-order valence-corrected chi connectivity index (χ2v) is 7.03. The summed E-state index contributed by atoms with van der Waals surface area (Å²) in [6, 6.07) is 19.8. The zero-order chi connectivity index (χ0) is 19.2. The summed E-state index contributed by atoms with van der Waals surface area (Å²) in [5.41, 5.74) is 1.98. The Morgan fingerprint density at radius 2 is 1.78 bits per heavy atom. The van der Waals surface area contributed by atoms with Crippen LogP contribution in [0.4, 0.5) is 5.69 Å². The van der Waals surface area contributed by atoms with Gasteiger partial charge in [-0.25, -0.2) is 0 Å². The number of hydrogen-bond donors (Lipinski definition) is 1. The lowest BCUT2D eigenvalue weighted by Gasteiger charge is -2.13. The molecule has 0 aliphatic carbocycles. The Bertz CT molecular complexity index is 944. The van der Waals surface area contributed by atoms with Gasteiger partial charge in [-0.1, -0.05) is 39.7 Å². The smallest absolute Gasteiger partial charge is 0.255 e. The maximum atomic E-state index is 12.6. The maximum Gasteiger partial charge on any atom is 0.255 e. The number of para-hydroxylation sites is 1. The molecule has 1 amide bonds. The van der Waals surface area contributed by atoms with Crippen LogP contribution < -0.4 is 14.8 Å². The fourth-order valence-corrected chi connectivity index (χ4v) is 2.94. The van der Waals surface area contributed by atoms with E-state index in [0.717, 1.165) is 10.0 Å². The van der Waals surface area contributed by atoms with Crippen molar-refractivity contribution in [3.8, 4) is 11.5 Å². The fraction of sp³-hybridized carbons (Fsp3) is 0.0952. The van der Waals surface area contributed by atoms with Crippen LogP contribution in [0.25, 0.3) is 0 Å². The first-order valence-corrected chi connectivity index (χ1v) is 9.35. The lowest BCUT2D eigenvalue weighted by atomic mass is 10.1. The average molecular weight is 447 g/mol. The number of hydrogen-bond acceptors (Lipinski definition) is 3. The number of benzene rings is 3. The van der Waals surface area contributed by atoms with E-state index in [1.807, 2.05) is 36.4 Å². The number of halogens is 2. The fourth-order valence-electron chi connectivity index (χ4n) is 2.49. The molecule has 0 saturated carbocycles. The second kappa shape index (κ2) is 8.93. The average Bonchev–Trinajstić information content (AvgIpc) is 2.69. The molecular weight excluding hydrogens is 430 g/mol. The van der Waals surface area contributed by atoms with Gasteiger partial charge in [0.25, 0.3) is 5.91 Å². The summed E-state index contributed by atoms with van der Waals surface area (Å²) in [7, 11) is 1.58. The third-order valence-electron chi connectivity index (χ3n) is 3.86. The number of ether oxygens (including phenoxy) is 2. The predicted molar refractivity (Wildman–Crippen MR) is 111 cm³/mol. The predicted octanol–water partition coefficient (Wildman–Crippen LogP) is 5.94. The van der Waals surface area contributed by atoms with Crippen molar-refractivity contribution >= 4 is 39.1 Å². The standard InChI is InChI=1S/C21H17BrClNO3/c1-26-19-11-6-14(21(25)24-17-9-7-16(22)8-10-17)12-15(19)13-27-20-5-3-2-4-18(20)23/h2-12H,13H2,1H3,(H,24,25). The highest BCUT2D eigenvalue weighted by atomic mass is 79.9. The van der Waals surface area contributed by atoms with Gasteiger partial charge in [-0.2, -0.15) is 0 Å². The summed E-state index contributed by atoms with van der Waals surface area (Å²) in [5.74, 6) is 1.01. The van der Waals surface area contributed by atoms with E-state index >= 15 is 0 Å². The summed E-state index contributed by atoms with van der Waals surface area (Å²) >= 11 is 9.50. The number of carbonyl (C=O) groups is 1. The molecular formula is C21H17BrClNO3. The lowest BCUT2D eigenvalue weighted by Crippen LogP contribution is -2.12. The molecule has 3 rings (SSSR count). The minimum absolute atomic E-state index is 0.209. The molecule has 0 bridgehead atoms. The van der Waals surface area contributed by atoms with Crippen molar-refractivity contribution in [1.29, 1.82) is 0 Å². The molecule has 0 heterocycles. The number of rotatable bonds is 6. The topological polar surface area (TPSA) is 47.6 Å². The zero-order valence-corrected chi connectivity index (χ0v) is 16.9. The number of amides is 1. The van der Waals surface area contributed by atoms with Gasteiger partial charge in [0.2, 0.25) is 0 Å². The molecule has 0 radical (unpaired) electrons. The third kappa shape index (κ3) is 5.02. The Morgan fingerprint density at radius 3 is 2.48 bits per heavy atom. The molecule has 0 saturated heterocycles. The van der Waals surface area contributed by atoms with Crippen molar-refractivity contribution in [2.24, 2.45) is 0 Å². The lowest BCUT2D eigenvalue weighted by molar-refractivity contribution is 0.102. The SMILES string of the molecule is COc1ccc(C(=O)Nc2ccc(Br)cc2)cc1COc1ccccc1Cl. The van der Waals surface area contributed by atoms with Crippen LogP contribution in [0.1, 0.15) is 15.9 Å². The van der Waals surface area contributed by atoms with Gasteiger partial charge in [-0.3, -0.25) is 4.79 Å². The van der Waals surface area contributed by atoms with Crippen LogP contribution in [0.15, 0.2) is 71.2 Å². The molecule has 0 unspecified atom stereocenters. The molecule has 0 spiro atoms. The Morgan fingerprint density at radius 1 is 1.04 bits per heavy atom. The van der Waals surface area contributed by atoms with Gasteiger partial charge in [0, 0.05) is 21.3 Å². The van der Waals surface area contributed by atoms with Crippen LogP contribution >= 0.6 is 27.5 Å². The Kier molecular flexibility index (Phi) is 6.37. The number of nitrogens with one attached hydrogen (secondary N) is 1. The van der Waals surface area contributed by atoms with Crippen molar-refractivity contribution in [2.75, 3.05) is 12.4 Å². The number of methoxy groups -OCH3 is 1. The van der Waals surface area contributed by atoms with E-state index in [0.29, 0.717) is 27.8 Å². The monoisotopic (exact) mass is 445 g/mol. The van der Waals surface area contributed by atoms with E-state index in [-0.39, 0.29) is 12.5 Å². The largest absolute Gasteiger partial charge is 0.496 e. The molecule has 6 heteroatoms. The van der Waals surface area contributed by atoms with E-state index in [9.17, 15) is 4.79 Å². The van der Waals surface area contributed by atoms with Crippen molar-refractivity contribution in [3.63, 3.8) is 0 Å². The Balaban J connectivity index is 1.77. The molecule has 3 aromatic carbocycles. The van der Waals surface area contributed by atoms with Crippen LogP contribution in [-0.2, 0) is 6.61 Å². The second-order valence-electron chi connectivity index (χ2n) is 5.71. The Labute approximate surface area is 171 Å². The van der Waals surface area contributed by atoms with Crippen LogP contribution in [0.5, 0.6) is 11.5 Å². The van der Waals surface area contributed by atoms with Crippen LogP contribution in [0.2, 0.25) is 5.02 Å². The highest BCUT2D eigenvalue weighted by Crippen LogP contribution is 2.27. The van der Waals surface area contributed by atoms with E-state index in [2.05, 4.69) is 21.2 Å². The van der Waals surface area contributed by atoms with E-state index in [4.69, 9.17) is 21.1 Å². The first-order valence-electron chi connectivity index (χ1n) is 8.18. The maximum absolute atomic E-state index is 12.6. The number of anilines is 1. The summed E-state index contributed by atoms with van der Waals surface area (Å²) in [6.45, 7) is 0.228. The molecule has 0 aromatic heterocycles.